The van der Waals surface area contributed by atoms with Gasteiger partial charge in [-0.25, -0.2) is 4.79 Å². The molecule has 72 valence electrons. The molecular formula is C7H15NO4. The van der Waals surface area contributed by atoms with Gasteiger partial charge in [0.1, 0.15) is 6.10 Å². The molecule has 0 aromatic rings. The largest absolute Gasteiger partial charge is 0.444 e. The summed E-state index contributed by atoms with van der Waals surface area (Å²) in [5.41, 5.74) is 0. The van der Waals surface area contributed by atoms with Gasteiger partial charge in [-0.1, -0.05) is 0 Å². The fourth-order valence-electron chi connectivity index (χ4n) is 0.493. The number of aliphatic hydroxyl groups is 2. The first-order valence-electron chi connectivity index (χ1n) is 3.79. The SMILES string of the molecule is CC(O)CNC(=O)OC(C)CO. The topological polar surface area (TPSA) is 78.8 Å². The zero-order valence-electron chi connectivity index (χ0n) is 7.28. The Bertz CT molecular complexity index is 137. The summed E-state index contributed by atoms with van der Waals surface area (Å²) >= 11 is 0. The lowest BCUT2D eigenvalue weighted by Gasteiger charge is -2.11. The van der Waals surface area contributed by atoms with Crippen LogP contribution >= 0.6 is 0 Å². The fourth-order valence-corrected chi connectivity index (χ4v) is 0.493. The molecule has 2 atom stereocenters. The number of hydrogen-bond donors (Lipinski definition) is 3. The average Bonchev–Trinajstić information content (AvgIpc) is 2.00. The van der Waals surface area contributed by atoms with E-state index in [1.54, 1.807) is 13.8 Å². The van der Waals surface area contributed by atoms with Gasteiger partial charge < -0.3 is 20.3 Å². The standard InChI is InChI=1S/C7H15NO4/c1-5(10)3-8-7(11)12-6(2)4-9/h5-6,9-10H,3-4H2,1-2H3,(H,8,11). The minimum atomic E-state index is -0.627. The average molecular weight is 177 g/mol. The molecule has 5 nitrogen and oxygen atoms in total. The Balaban J connectivity index is 3.46. The molecule has 0 radical (unpaired) electrons. The van der Waals surface area contributed by atoms with Crippen LogP contribution in [-0.2, 0) is 4.74 Å². The van der Waals surface area contributed by atoms with Gasteiger partial charge in [-0.05, 0) is 13.8 Å². The Hall–Kier alpha value is -0.810. The minimum Gasteiger partial charge on any atom is -0.444 e. The van der Waals surface area contributed by atoms with Crippen LogP contribution in [0.5, 0.6) is 0 Å². The molecule has 3 N–H and O–H groups in total. The highest BCUT2D eigenvalue weighted by Crippen LogP contribution is 1.89. The molecule has 2 unspecified atom stereocenters. The third-order valence-electron chi connectivity index (χ3n) is 1.11. The van der Waals surface area contributed by atoms with E-state index in [0.29, 0.717) is 0 Å². The summed E-state index contributed by atoms with van der Waals surface area (Å²) in [4.78, 5) is 10.8. The van der Waals surface area contributed by atoms with E-state index in [1.165, 1.54) is 0 Å². The summed E-state index contributed by atoms with van der Waals surface area (Å²) in [7, 11) is 0. The predicted molar refractivity (Wildman–Crippen MR) is 42.7 cm³/mol. The van der Waals surface area contributed by atoms with Gasteiger partial charge in [0.25, 0.3) is 0 Å². The van der Waals surface area contributed by atoms with E-state index in [-0.39, 0.29) is 13.2 Å². The molecule has 0 aromatic carbocycles. The molecule has 0 saturated heterocycles. The Morgan fingerprint density at radius 1 is 1.58 bits per heavy atom. The highest BCUT2D eigenvalue weighted by atomic mass is 16.6. The van der Waals surface area contributed by atoms with Crippen LogP contribution in [0.15, 0.2) is 0 Å². The molecule has 0 aliphatic heterocycles. The molecule has 0 heterocycles. The van der Waals surface area contributed by atoms with Crippen LogP contribution in [0.4, 0.5) is 4.79 Å². The van der Waals surface area contributed by atoms with E-state index in [4.69, 9.17) is 10.2 Å². The Labute approximate surface area is 71.3 Å². The molecule has 0 aliphatic carbocycles. The Morgan fingerprint density at radius 3 is 2.58 bits per heavy atom. The zero-order valence-corrected chi connectivity index (χ0v) is 7.28. The van der Waals surface area contributed by atoms with Crippen LogP contribution in [-0.4, -0.2) is 41.7 Å². The zero-order chi connectivity index (χ0) is 9.56. The molecule has 0 saturated carbocycles. The first kappa shape index (κ1) is 11.2. The smallest absolute Gasteiger partial charge is 0.407 e. The lowest BCUT2D eigenvalue weighted by atomic mass is 10.4. The molecule has 12 heavy (non-hydrogen) atoms. The number of ether oxygens (including phenoxy) is 1. The van der Waals surface area contributed by atoms with Gasteiger partial charge in [0.2, 0.25) is 0 Å². The van der Waals surface area contributed by atoms with Crippen molar-refractivity contribution >= 4 is 6.09 Å². The maximum Gasteiger partial charge on any atom is 0.407 e. The number of alkyl carbamates (subject to hydrolysis) is 1. The number of amides is 1. The molecule has 0 bridgehead atoms. The van der Waals surface area contributed by atoms with Crippen molar-refractivity contribution in [2.75, 3.05) is 13.2 Å². The highest BCUT2D eigenvalue weighted by Gasteiger charge is 2.07. The predicted octanol–water partition coefficient (Wildman–Crippen LogP) is -0.526. The van der Waals surface area contributed by atoms with Gasteiger partial charge in [-0.3, -0.25) is 0 Å². The summed E-state index contributed by atoms with van der Waals surface area (Å²) in [5, 5.41) is 19.6. The minimum absolute atomic E-state index is 0.150. The van der Waals surface area contributed by atoms with Crippen molar-refractivity contribution in [1.82, 2.24) is 5.32 Å². The second-order valence-electron chi connectivity index (χ2n) is 2.63. The van der Waals surface area contributed by atoms with Crippen LogP contribution in [0.25, 0.3) is 0 Å². The summed E-state index contributed by atoms with van der Waals surface area (Å²) in [6.45, 7) is 3.07. The summed E-state index contributed by atoms with van der Waals surface area (Å²) in [5.74, 6) is 0. The van der Waals surface area contributed by atoms with E-state index in [0.717, 1.165) is 0 Å². The molecule has 0 spiro atoms. The lowest BCUT2D eigenvalue weighted by Crippen LogP contribution is -2.33. The van der Waals surface area contributed by atoms with Gasteiger partial charge in [0, 0.05) is 6.54 Å². The number of aliphatic hydroxyl groups excluding tert-OH is 2. The Kier molecular flexibility index (Phi) is 5.40. The van der Waals surface area contributed by atoms with Gasteiger partial charge in [0.05, 0.1) is 12.7 Å². The van der Waals surface area contributed by atoms with Crippen LogP contribution in [0.1, 0.15) is 13.8 Å². The van der Waals surface area contributed by atoms with Gasteiger partial charge in [0.15, 0.2) is 0 Å². The van der Waals surface area contributed by atoms with Crippen molar-refractivity contribution in [3.63, 3.8) is 0 Å². The normalized spacial score (nSPS) is 15.0. The lowest BCUT2D eigenvalue weighted by molar-refractivity contribution is 0.0651. The van der Waals surface area contributed by atoms with Crippen LogP contribution in [0.2, 0.25) is 0 Å². The third-order valence-corrected chi connectivity index (χ3v) is 1.11. The van der Waals surface area contributed by atoms with E-state index < -0.39 is 18.3 Å². The summed E-state index contributed by atoms with van der Waals surface area (Å²) in [6.07, 6.45) is -1.74. The van der Waals surface area contributed by atoms with Crippen LogP contribution in [0.3, 0.4) is 0 Å². The van der Waals surface area contributed by atoms with Gasteiger partial charge in [-0.2, -0.15) is 0 Å². The van der Waals surface area contributed by atoms with E-state index in [9.17, 15) is 4.79 Å². The molecule has 0 rings (SSSR count). The molecule has 1 amide bonds. The summed E-state index contributed by atoms with van der Waals surface area (Å²) < 4.78 is 4.64. The first-order valence-corrected chi connectivity index (χ1v) is 3.79. The number of carbonyl (C=O) groups is 1. The summed E-state index contributed by atoms with van der Waals surface area (Å²) in [6, 6.07) is 0. The van der Waals surface area contributed by atoms with Crippen molar-refractivity contribution in [3.05, 3.63) is 0 Å². The number of rotatable bonds is 4. The quantitative estimate of drug-likeness (QED) is 0.539. The first-order chi connectivity index (χ1) is 5.56. The maximum atomic E-state index is 10.8. The second-order valence-corrected chi connectivity index (χ2v) is 2.63. The van der Waals surface area contributed by atoms with Gasteiger partial charge in [-0.15, -0.1) is 0 Å². The molecule has 0 fully saturated rings. The maximum absolute atomic E-state index is 10.8. The molecule has 0 aromatic heterocycles. The van der Waals surface area contributed by atoms with Crippen LogP contribution < -0.4 is 5.32 Å². The van der Waals surface area contributed by atoms with Crippen molar-refractivity contribution in [2.24, 2.45) is 0 Å². The highest BCUT2D eigenvalue weighted by molar-refractivity contribution is 5.67. The van der Waals surface area contributed by atoms with Crippen molar-refractivity contribution in [2.45, 2.75) is 26.1 Å². The molecule has 0 aliphatic rings. The van der Waals surface area contributed by atoms with E-state index in [1.807, 2.05) is 0 Å². The number of carbonyl (C=O) groups excluding carboxylic acids is 1. The molecular weight excluding hydrogens is 162 g/mol. The van der Waals surface area contributed by atoms with E-state index >= 15 is 0 Å². The van der Waals surface area contributed by atoms with Crippen molar-refractivity contribution in [3.8, 4) is 0 Å². The van der Waals surface area contributed by atoms with Crippen LogP contribution in [0, 0.1) is 0 Å². The number of hydrogen-bond acceptors (Lipinski definition) is 4. The Morgan fingerprint density at radius 2 is 2.17 bits per heavy atom. The third kappa shape index (κ3) is 5.94. The van der Waals surface area contributed by atoms with Gasteiger partial charge >= 0.3 is 6.09 Å². The fraction of sp³-hybridized carbons (Fsp3) is 0.857. The number of nitrogens with one attached hydrogen (secondary N) is 1. The van der Waals surface area contributed by atoms with Crippen molar-refractivity contribution < 1.29 is 19.7 Å². The van der Waals surface area contributed by atoms with E-state index in [2.05, 4.69) is 10.1 Å². The van der Waals surface area contributed by atoms with Crippen molar-refractivity contribution in [1.29, 1.82) is 0 Å². The second kappa shape index (κ2) is 5.79. The monoisotopic (exact) mass is 177 g/mol. The molecule has 5 heteroatoms.